The maximum absolute atomic E-state index is 13.4. The molecule has 2 heterocycles. The molecule has 0 saturated carbocycles. The van der Waals surface area contributed by atoms with Gasteiger partial charge in [0.1, 0.15) is 5.82 Å². The molecule has 0 bridgehead atoms. The Bertz CT molecular complexity index is 1070. The van der Waals surface area contributed by atoms with Crippen molar-refractivity contribution in [3.8, 4) is 22.8 Å². The van der Waals surface area contributed by atoms with Gasteiger partial charge in [0.05, 0.1) is 22.9 Å². The van der Waals surface area contributed by atoms with E-state index in [0.29, 0.717) is 17.1 Å². The van der Waals surface area contributed by atoms with Crippen LogP contribution in [-0.4, -0.2) is 20.1 Å². The number of aromatic nitrogens is 4. The lowest BCUT2D eigenvalue weighted by Gasteiger charge is -2.08. The van der Waals surface area contributed by atoms with Crippen LogP contribution in [0.3, 0.4) is 0 Å². The van der Waals surface area contributed by atoms with Crippen LogP contribution >= 0.6 is 0 Å². The standard InChI is InChI=1S/C16H8F4N4O/c17-11-3-1-9(5-10(11)16(18,19)20)15-23-14(24-25-15)8-2-4-12-13(6-8)22-7-21-12/h1-7H,(H,21,22). The zero-order chi connectivity index (χ0) is 17.6. The first kappa shape index (κ1) is 15.3. The molecule has 9 heteroatoms. The second-order valence-electron chi connectivity index (χ2n) is 5.25. The molecule has 1 N–H and O–H groups in total. The molecule has 4 aromatic rings. The maximum atomic E-state index is 13.4. The zero-order valence-corrected chi connectivity index (χ0v) is 12.3. The number of hydrogen-bond donors (Lipinski definition) is 1. The van der Waals surface area contributed by atoms with Gasteiger partial charge in [0.2, 0.25) is 5.82 Å². The van der Waals surface area contributed by atoms with Crippen LogP contribution < -0.4 is 0 Å². The number of nitrogens with one attached hydrogen (secondary N) is 1. The van der Waals surface area contributed by atoms with Gasteiger partial charge in [0.15, 0.2) is 0 Å². The summed E-state index contributed by atoms with van der Waals surface area (Å²) in [5.74, 6) is -1.31. The monoisotopic (exact) mass is 348 g/mol. The molecule has 5 nitrogen and oxygen atoms in total. The molecule has 2 aromatic heterocycles. The summed E-state index contributed by atoms with van der Waals surface area (Å²) in [4.78, 5) is 11.1. The van der Waals surface area contributed by atoms with Crippen LogP contribution in [0.25, 0.3) is 33.9 Å². The lowest BCUT2D eigenvalue weighted by atomic mass is 10.1. The number of hydrogen-bond acceptors (Lipinski definition) is 4. The van der Waals surface area contributed by atoms with Crippen molar-refractivity contribution in [3.05, 3.63) is 54.1 Å². The first-order valence-corrected chi connectivity index (χ1v) is 7.06. The zero-order valence-electron chi connectivity index (χ0n) is 12.3. The number of rotatable bonds is 2. The van der Waals surface area contributed by atoms with E-state index in [1.54, 1.807) is 18.2 Å². The lowest BCUT2D eigenvalue weighted by molar-refractivity contribution is -0.139. The molecule has 0 saturated heterocycles. The molecule has 0 fully saturated rings. The molecule has 2 aromatic carbocycles. The highest BCUT2D eigenvalue weighted by molar-refractivity contribution is 5.80. The maximum Gasteiger partial charge on any atom is 0.419 e. The number of halogens is 4. The Morgan fingerprint density at radius 3 is 2.60 bits per heavy atom. The third-order valence-corrected chi connectivity index (χ3v) is 3.62. The second kappa shape index (κ2) is 5.40. The van der Waals surface area contributed by atoms with Gasteiger partial charge in [-0.25, -0.2) is 9.37 Å². The van der Waals surface area contributed by atoms with Gasteiger partial charge in [-0.05, 0) is 36.4 Å². The summed E-state index contributed by atoms with van der Waals surface area (Å²) >= 11 is 0. The molecule has 0 radical (unpaired) electrons. The molecule has 0 atom stereocenters. The van der Waals surface area contributed by atoms with Crippen molar-refractivity contribution in [2.75, 3.05) is 0 Å². The first-order chi connectivity index (χ1) is 11.9. The van der Waals surface area contributed by atoms with Crippen molar-refractivity contribution < 1.29 is 22.1 Å². The average Bonchev–Trinajstić information content (AvgIpc) is 3.22. The SMILES string of the molecule is Fc1ccc(-c2nc(-c3ccc4[nH]cnc4c3)no2)cc1C(F)(F)F. The lowest BCUT2D eigenvalue weighted by Crippen LogP contribution is -2.08. The number of alkyl halides is 3. The van der Waals surface area contributed by atoms with Crippen molar-refractivity contribution in [1.82, 2.24) is 20.1 Å². The van der Waals surface area contributed by atoms with E-state index in [2.05, 4.69) is 20.1 Å². The number of fused-ring (bicyclic) bond motifs is 1. The number of imidazole rings is 1. The van der Waals surface area contributed by atoms with Crippen molar-refractivity contribution in [3.63, 3.8) is 0 Å². The summed E-state index contributed by atoms with van der Waals surface area (Å²) in [6.07, 6.45) is -3.28. The summed E-state index contributed by atoms with van der Waals surface area (Å²) in [6.45, 7) is 0. The molecular formula is C16H8F4N4O. The summed E-state index contributed by atoms with van der Waals surface area (Å²) < 4.78 is 56.8. The highest BCUT2D eigenvalue weighted by atomic mass is 19.4. The van der Waals surface area contributed by atoms with Crippen molar-refractivity contribution in [2.45, 2.75) is 6.18 Å². The second-order valence-corrected chi connectivity index (χ2v) is 5.25. The minimum absolute atomic E-state index is 0.0201. The van der Waals surface area contributed by atoms with Gasteiger partial charge in [0, 0.05) is 11.1 Å². The fourth-order valence-corrected chi connectivity index (χ4v) is 2.40. The summed E-state index contributed by atoms with van der Waals surface area (Å²) in [7, 11) is 0. The molecule has 126 valence electrons. The molecule has 0 amide bonds. The fourth-order valence-electron chi connectivity index (χ4n) is 2.40. The molecule has 4 rings (SSSR count). The van der Waals surface area contributed by atoms with Crippen molar-refractivity contribution in [1.29, 1.82) is 0 Å². The molecule has 0 aliphatic heterocycles. The van der Waals surface area contributed by atoms with E-state index in [4.69, 9.17) is 4.52 Å². The Morgan fingerprint density at radius 1 is 1.00 bits per heavy atom. The Hall–Kier alpha value is -3.23. The smallest absolute Gasteiger partial charge is 0.345 e. The van der Waals surface area contributed by atoms with Gasteiger partial charge in [-0.1, -0.05) is 5.16 Å². The van der Waals surface area contributed by atoms with E-state index in [1.807, 2.05) is 0 Å². The van der Waals surface area contributed by atoms with Crippen LogP contribution in [0, 0.1) is 5.82 Å². The van der Waals surface area contributed by atoms with E-state index in [-0.39, 0.29) is 17.3 Å². The van der Waals surface area contributed by atoms with Crippen LogP contribution in [0.1, 0.15) is 5.56 Å². The summed E-state index contributed by atoms with van der Waals surface area (Å²) in [5.41, 5.74) is 0.689. The largest absolute Gasteiger partial charge is 0.419 e. The topological polar surface area (TPSA) is 67.6 Å². The van der Waals surface area contributed by atoms with Crippen LogP contribution in [0.2, 0.25) is 0 Å². The Labute approximate surface area is 137 Å². The number of H-pyrrole nitrogens is 1. The predicted octanol–water partition coefficient (Wildman–Crippen LogP) is 4.44. The van der Waals surface area contributed by atoms with Gasteiger partial charge in [-0.15, -0.1) is 0 Å². The molecule has 0 aliphatic carbocycles. The van der Waals surface area contributed by atoms with Gasteiger partial charge in [0.25, 0.3) is 5.89 Å². The minimum Gasteiger partial charge on any atom is -0.345 e. The molecule has 0 aliphatic rings. The Balaban J connectivity index is 1.74. The summed E-state index contributed by atoms with van der Waals surface area (Å²) in [6, 6.07) is 7.72. The van der Waals surface area contributed by atoms with Gasteiger partial charge in [-0.2, -0.15) is 18.2 Å². The fraction of sp³-hybridized carbons (Fsp3) is 0.0625. The van der Waals surface area contributed by atoms with Gasteiger partial charge >= 0.3 is 6.18 Å². The average molecular weight is 348 g/mol. The van der Waals surface area contributed by atoms with E-state index in [9.17, 15) is 17.6 Å². The molecule has 0 spiro atoms. The van der Waals surface area contributed by atoms with E-state index in [1.165, 1.54) is 6.33 Å². The van der Waals surface area contributed by atoms with E-state index >= 15 is 0 Å². The van der Waals surface area contributed by atoms with Crippen molar-refractivity contribution >= 4 is 11.0 Å². The number of benzene rings is 2. The van der Waals surface area contributed by atoms with Crippen LogP contribution in [0.4, 0.5) is 17.6 Å². The molecular weight excluding hydrogens is 340 g/mol. The Kier molecular flexibility index (Phi) is 3.31. The van der Waals surface area contributed by atoms with Gasteiger partial charge in [-0.3, -0.25) is 0 Å². The normalized spacial score (nSPS) is 12.0. The van der Waals surface area contributed by atoms with E-state index in [0.717, 1.165) is 17.6 Å². The van der Waals surface area contributed by atoms with Gasteiger partial charge < -0.3 is 9.51 Å². The minimum atomic E-state index is -4.81. The van der Waals surface area contributed by atoms with Crippen molar-refractivity contribution in [2.24, 2.45) is 0 Å². The van der Waals surface area contributed by atoms with Crippen LogP contribution in [0.15, 0.2) is 47.2 Å². The Morgan fingerprint density at radius 2 is 1.80 bits per heavy atom. The predicted molar refractivity (Wildman–Crippen MR) is 79.8 cm³/mol. The number of nitrogens with zero attached hydrogens (tertiary/aromatic N) is 3. The third-order valence-electron chi connectivity index (χ3n) is 3.62. The highest BCUT2D eigenvalue weighted by Crippen LogP contribution is 2.34. The third kappa shape index (κ3) is 2.73. The highest BCUT2D eigenvalue weighted by Gasteiger charge is 2.34. The molecule has 0 unspecified atom stereocenters. The van der Waals surface area contributed by atoms with Crippen LogP contribution in [0.5, 0.6) is 0 Å². The summed E-state index contributed by atoms with van der Waals surface area (Å²) in [5, 5.41) is 3.77. The first-order valence-electron chi connectivity index (χ1n) is 7.06. The number of aromatic amines is 1. The molecule has 25 heavy (non-hydrogen) atoms. The van der Waals surface area contributed by atoms with E-state index < -0.39 is 17.6 Å². The van der Waals surface area contributed by atoms with Crippen LogP contribution in [-0.2, 0) is 6.18 Å². The quantitative estimate of drug-likeness (QED) is 0.544.